The van der Waals surface area contributed by atoms with Gasteiger partial charge in [-0.3, -0.25) is 9.69 Å². The largest absolute Gasteiger partial charge is 0.494 e. The van der Waals surface area contributed by atoms with Gasteiger partial charge in [0.1, 0.15) is 11.3 Å². The second-order valence-corrected chi connectivity index (χ2v) is 5.58. The Balaban J connectivity index is 2.06. The molecule has 1 saturated heterocycles. The van der Waals surface area contributed by atoms with E-state index in [1.165, 1.54) is 4.90 Å². The minimum atomic E-state index is -0.865. The number of urea groups is 1. The summed E-state index contributed by atoms with van der Waals surface area (Å²) >= 11 is 0. The molecule has 0 saturated carbocycles. The molecule has 0 radical (unpaired) electrons. The van der Waals surface area contributed by atoms with Crippen molar-refractivity contribution in [3.63, 3.8) is 0 Å². The number of rotatable bonds is 5. The minimum Gasteiger partial charge on any atom is -0.494 e. The highest BCUT2D eigenvalue weighted by atomic mass is 16.5. The van der Waals surface area contributed by atoms with E-state index in [1.54, 1.807) is 13.8 Å². The van der Waals surface area contributed by atoms with Crippen LogP contribution in [0.2, 0.25) is 0 Å². The van der Waals surface area contributed by atoms with Gasteiger partial charge >= 0.3 is 6.03 Å². The van der Waals surface area contributed by atoms with Crippen molar-refractivity contribution in [3.05, 3.63) is 29.8 Å². The molecule has 1 fully saturated rings. The number of hydrogen-bond acceptors (Lipinski definition) is 4. The summed E-state index contributed by atoms with van der Waals surface area (Å²) in [6, 6.07) is 6.53. The maximum Gasteiger partial charge on any atom is 0.325 e. The summed E-state index contributed by atoms with van der Waals surface area (Å²) < 4.78 is 5.37. The molecule has 3 N–H and O–H groups in total. The van der Waals surface area contributed by atoms with E-state index in [-0.39, 0.29) is 12.5 Å². The van der Waals surface area contributed by atoms with Crippen molar-refractivity contribution in [2.24, 2.45) is 5.73 Å². The fourth-order valence-electron chi connectivity index (χ4n) is 2.26. The summed E-state index contributed by atoms with van der Waals surface area (Å²) in [5.41, 5.74) is 6.08. The third-order valence-electron chi connectivity index (χ3n) is 3.44. The molecular formula is C15H21N3O3. The van der Waals surface area contributed by atoms with E-state index in [1.807, 2.05) is 31.2 Å². The quantitative estimate of drug-likeness (QED) is 0.803. The summed E-state index contributed by atoms with van der Waals surface area (Å²) in [5, 5.41) is 2.64. The van der Waals surface area contributed by atoms with Crippen LogP contribution in [0.4, 0.5) is 4.79 Å². The maximum atomic E-state index is 12.1. The van der Waals surface area contributed by atoms with Crippen LogP contribution < -0.4 is 15.8 Å². The summed E-state index contributed by atoms with van der Waals surface area (Å²) in [7, 11) is 0. The van der Waals surface area contributed by atoms with Gasteiger partial charge in [-0.25, -0.2) is 4.79 Å². The first kappa shape index (κ1) is 15.3. The van der Waals surface area contributed by atoms with E-state index in [4.69, 9.17) is 10.5 Å². The number of amides is 3. The molecule has 1 aliphatic heterocycles. The van der Waals surface area contributed by atoms with E-state index in [0.29, 0.717) is 6.61 Å². The van der Waals surface area contributed by atoms with Gasteiger partial charge in [-0.05, 0) is 38.5 Å². The number of nitrogens with one attached hydrogen (secondary N) is 1. The van der Waals surface area contributed by atoms with Gasteiger partial charge < -0.3 is 15.8 Å². The van der Waals surface area contributed by atoms with E-state index in [9.17, 15) is 9.59 Å². The Morgan fingerprint density at radius 1 is 1.29 bits per heavy atom. The predicted molar refractivity (Wildman–Crippen MR) is 78.9 cm³/mol. The predicted octanol–water partition coefficient (Wildman–Crippen LogP) is 1.42. The Kier molecular flexibility index (Phi) is 4.18. The highest BCUT2D eigenvalue weighted by Gasteiger charge is 2.44. The van der Waals surface area contributed by atoms with Gasteiger partial charge in [0.05, 0.1) is 6.61 Å². The summed E-state index contributed by atoms with van der Waals surface area (Å²) in [4.78, 5) is 25.1. The SMILES string of the molecule is CCOc1ccc(C(N)CN2C(=O)NC(C)(C)C2=O)cc1. The second kappa shape index (κ2) is 5.73. The smallest absolute Gasteiger partial charge is 0.325 e. The molecular weight excluding hydrogens is 270 g/mol. The van der Waals surface area contributed by atoms with Gasteiger partial charge in [-0.1, -0.05) is 12.1 Å². The highest BCUT2D eigenvalue weighted by molar-refractivity contribution is 6.06. The maximum absolute atomic E-state index is 12.1. The van der Waals surface area contributed by atoms with Crippen molar-refractivity contribution in [2.45, 2.75) is 32.4 Å². The lowest BCUT2D eigenvalue weighted by atomic mass is 10.0. The van der Waals surface area contributed by atoms with E-state index < -0.39 is 17.6 Å². The number of carbonyl (C=O) groups is 2. The molecule has 1 aromatic carbocycles. The van der Waals surface area contributed by atoms with E-state index in [0.717, 1.165) is 11.3 Å². The van der Waals surface area contributed by atoms with Crippen LogP contribution in [-0.4, -0.2) is 35.5 Å². The summed E-state index contributed by atoms with van der Waals surface area (Å²) in [5.74, 6) is 0.512. The number of carbonyl (C=O) groups excluding carboxylic acids is 2. The fourth-order valence-corrected chi connectivity index (χ4v) is 2.26. The fraction of sp³-hybridized carbons (Fsp3) is 0.467. The third-order valence-corrected chi connectivity index (χ3v) is 3.44. The summed E-state index contributed by atoms with van der Waals surface area (Å²) in [6.07, 6.45) is 0. The monoisotopic (exact) mass is 291 g/mol. The lowest BCUT2D eigenvalue weighted by molar-refractivity contribution is -0.130. The minimum absolute atomic E-state index is 0.155. The Bertz CT molecular complexity index is 540. The van der Waals surface area contributed by atoms with Gasteiger partial charge in [-0.2, -0.15) is 0 Å². The molecule has 0 spiro atoms. The molecule has 1 atom stereocenters. The highest BCUT2D eigenvalue weighted by Crippen LogP contribution is 2.21. The molecule has 1 aromatic rings. The van der Waals surface area contributed by atoms with Gasteiger partial charge in [0.25, 0.3) is 5.91 Å². The van der Waals surface area contributed by atoms with Gasteiger partial charge in [0, 0.05) is 12.6 Å². The number of nitrogens with zero attached hydrogens (tertiary/aromatic N) is 1. The Morgan fingerprint density at radius 2 is 1.90 bits per heavy atom. The molecule has 6 heteroatoms. The van der Waals surface area contributed by atoms with Gasteiger partial charge in [0.2, 0.25) is 0 Å². The van der Waals surface area contributed by atoms with Crippen LogP contribution in [0.3, 0.4) is 0 Å². The molecule has 6 nitrogen and oxygen atoms in total. The number of nitrogens with two attached hydrogens (primary N) is 1. The number of imide groups is 1. The van der Waals surface area contributed by atoms with Gasteiger partial charge in [-0.15, -0.1) is 0 Å². The molecule has 21 heavy (non-hydrogen) atoms. The molecule has 1 aliphatic rings. The van der Waals surface area contributed by atoms with Gasteiger partial charge in [0.15, 0.2) is 0 Å². The van der Waals surface area contributed by atoms with Crippen LogP contribution in [0.1, 0.15) is 32.4 Å². The van der Waals surface area contributed by atoms with Crippen molar-refractivity contribution in [1.29, 1.82) is 0 Å². The van der Waals surface area contributed by atoms with Crippen molar-refractivity contribution < 1.29 is 14.3 Å². The lowest BCUT2D eigenvalue weighted by Crippen LogP contribution is -2.41. The summed E-state index contributed by atoms with van der Waals surface area (Å²) in [6.45, 7) is 6.02. The second-order valence-electron chi connectivity index (χ2n) is 5.58. The molecule has 1 unspecified atom stereocenters. The molecule has 0 aromatic heterocycles. The van der Waals surface area contributed by atoms with Crippen molar-refractivity contribution in [3.8, 4) is 5.75 Å². The number of hydrogen-bond donors (Lipinski definition) is 2. The Labute approximate surface area is 124 Å². The average Bonchev–Trinajstić information content (AvgIpc) is 2.62. The first-order chi connectivity index (χ1) is 9.85. The normalized spacial score (nSPS) is 18.6. The molecule has 3 amide bonds. The number of benzene rings is 1. The van der Waals surface area contributed by atoms with Crippen LogP contribution in [0.25, 0.3) is 0 Å². The van der Waals surface area contributed by atoms with Crippen molar-refractivity contribution >= 4 is 11.9 Å². The van der Waals surface area contributed by atoms with Crippen LogP contribution in [0, 0.1) is 0 Å². The Hall–Kier alpha value is -2.08. The third kappa shape index (κ3) is 3.16. The van der Waals surface area contributed by atoms with Crippen molar-refractivity contribution in [1.82, 2.24) is 10.2 Å². The molecule has 2 rings (SSSR count). The van der Waals surface area contributed by atoms with E-state index >= 15 is 0 Å². The molecule has 1 heterocycles. The first-order valence-electron chi connectivity index (χ1n) is 6.97. The first-order valence-corrected chi connectivity index (χ1v) is 6.97. The molecule has 0 aliphatic carbocycles. The zero-order chi connectivity index (χ0) is 15.6. The molecule has 114 valence electrons. The topological polar surface area (TPSA) is 84.7 Å². The lowest BCUT2D eigenvalue weighted by Gasteiger charge is -2.20. The molecule has 0 bridgehead atoms. The zero-order valence-corrected chi connectivity index (χ0v) is 12.6. The zero-order valence-electron chi connectivity index (χ0n) is 12.6. The Morgan fingerprint density at radius 3 is 2.38 bits per heavy atom. The number of ether oxygens (including phenoxy) is 1. The van der Waals surface area contributed by atoms with Crippen LogP contribution in [-0.2, 0) is 4.79 Å². The standard InChI is InChI=1S/C15H21N3O3/c1-4-21-11-7-5-10(6-8-11)12(16)9-18-13(19)15(2,3)17-14(18)20/h5-8,12H,4,9,16H2,1-3H3,(H,17,20). The van der Waals surface area contributed by atoms with Crippen LogP contribution in [0.15, 0.2) is 24.3 Å². The van der Waals surface area contributed by atoms with E-state index in [2.05, 4.69) is 5.32 Å². The average molecular weight is 291 g/mol. The van der Waals surface area contributed by atoms with Crippen LogP contribution >= 0.6 is 0 Å². The van der Waals surface area contributed by atoms with Crippen LogP contribution in [0.5, 0.6) is 5.75 Å². The van der Waals surface area contributed by atoms with Crippen molar-refractivity contribution in [2.75, 3.05) is 13.2 Å².